The van der Waals surface area contributed by atoms with Crippen LogP contribution in [0.5, 0.6) is 11.5 Å². The Morgan fingerprint density at radius 1 is 1.32 bits per heavy atom. The summed E-state index contributed by atoms with van der Waals surface area (Å²) in [6, 6.07) is 7.84. The number of nitrogens with zero attached hydrogens (tertiary/aromatic N) is 2. The molecule has 25 heavy (non-hydrogen) atoms. The monoisotopic (exact) mass is 361 g/mol. The van der Waals surface area contributed by atoms with Crippen molar-refractivity contribution in [2.45, 2.75) is 30.7 Å². The molecule has 0 aliphatic carbocycles. The van der Waals surface area contributed by atoms with E-state index in [0.717, 1.165) is 28.5 Å². The molecule has 0 spiro atoms. The number of carbonyl (C=O) groups excluding carboxylic acids is 1. The Morgan fingerprint density at radius 2 is 2.12 bits per heavy atom. The summed E-state index contributed by atoms with van der Waals surface area (Å²) in [5.74, 6) is 2.34. The quantitative estimate of drug-likeness (QED) is 0.768. The van der Waals surface area contributed by atoms with Crippen molar-refractivity contribution in [2.75, 3.05) is 19.0 Å². The summed E-state index contributed by atoms with van der Waals surface area (Å²) in [4.78, 5) is 13.3. The van der Waals surface area contributed by atoms with E-state index in [4.69, 9.17) is 9.47 Å². The Labute approximate surface area is 151 Å². The second-order valence-corrected chi connectivity index (χ2v) is 6.98. The summed E-state index contributed by atoms with van der Waals surface area (Å²) in [7, 11) is 1.89. The molecule has 0 radical (unpaired) electrons. The number of carbonyl (C=O) groups is 1. The Hall–Kier alpha value is -2.15. The van der Waals surface area contributed by atoms with Gasteiger partial charge in [-0.1, -0.05) is 6.92 Å². The molecule has 3 rings (SSSR count). The van der Waals surface area contributed by atoms with Gasteiger partial charge in [-0.3, -0.25) is 9.48 Å². The molecule has 6 nitrogen and oxygen atoms in total. The third-order valence-electron chi connectivity index (χ3n) is 4.07. The molecule has 1 aromatic heterocycles. The zero-order chi connectivity index (χ0) is 17.6. The van der Waals surface area contributed by atoms with Crippen LogP contribution in [0.15, 0.2) is 35.4 Å². The van der Waals surface area contributed by atoms with E-state index < -0.39 is 0 Å². The van der Waals surface area contributed by atoms with E-state index in [1.807, 2.05) is 31.3 Å². The van der Waals surface area contributed by atoms with E-state index in [1.165, 1.54) is 0 Å². The number of amides is 1. The maximum absolute atomic E-state index is 12.2. The largest absolute Gasteiger partial charge is 0.486 e. The molecule has 1 unspecified atom stereocenters. The third-order valence-corrected chi connectivity index (χ3v) is 5.07. The first-order valence-electron chi connectivity index (χ1n) is 8.47. The van der Waals surface area contributed by atoms with Gasteiger partial charge in [0, 0.05) is 30.3 Å². The molecule has 0 fully saturated rings. The van der Waals surface area contributed by atoms with Crippen molar-refractivity contribution in [3.05, 3.63) is 36.2 Å². The molecule has 1 aliphatic heterocycles. The van der Waals surface area contributed by atoms with Gasteiger partial charge in [-0.2, -0.15) is 5.10 Å². The molecule has 7 heteroatoms. The van der Waals surface area contributed by atoms with Gasteiger partial charge in [0.1, 0.15) is 13.2 Å². The zero-order valence-electron chi connectivity index (χ0n) is 14.5. The van der Waals surface area contributed by atoms with Crippen molar-refractivity contribution in [3.8, 4) is 11.5 Å². The first kappa shape index (κ1) is 17.7. The van der Waals surface area contributed by atoms with Crippen molar-refractivity contribution >= 4 is 17.7 Å². The Kier molecular flexibility index (Phi) is 5.86. The fourth-order valence-electron chi connectivity index (χ4n) is 2.75. The van der Waals surface area contributed by atoms with Crippen LogP contribution in [0.2, 0.25) is 0 Å². The second kappa shape index (κ2) is 8.29. The lowest BCUT2D eigenvalue weighted by molar-refractivity contribution is -0.121. The Balaban J connectivity index is 1.48. The molecule has 1 N–H and O–H groups in total. The van der Waals surface area contributed by atoms with Crippen molar-refractivity contribution in [3.63, 3.8) is 0 Å². The third kappa shape index (κ3) is 4.48. The molecule has 1 atom stereocenters. The fourth-order valence-corrected chi connectivity index (χ4v) is 3.63. The van der Waals surface area contributed by atoms with E-state index >= 15 is 0 Å². The molecule has 1 aromatic carbocycles. The van der Waals surface area contributed by atoms with Crippen LogP contribution in [-0.2, 0) is 11.8 Å². The van der Waals surface area contributed by atoms with E-state index in [-0.39, 0.29) is 11.9 Å². The first-order valence-corrected chi connectivity index (χ1v) is 9.45. The van der Waals surface area contributed by atoms with Crippen molar-refractivity contribution in [1.29, 1.82) is 0 Å². The van der Waals surface area contributed by atoms with Crippen LogP contribution in [0.3, 0.4) is 0 Å². The molecule has 0 saturated heterocycles. The summed E-state index contributed by atoms with van der Waals surface area (Å²) in [5.41, 5.74) is 1.02. The summed E-state index contributed by atoms with van der Waals surface area (Å²) in [6.07, 6.45) is 3.05. The van der Waals surface area contributed by atoms with Gasteiger partial charge in [-0.15, -0.1) is 11.8 Å². The maximum atomic E-state index is 12.2. The predicted octanol–water partition coefficient (Wildman–Crippen LogP) is 2.94. The highest BCUT2D eigenvalue weighted by Crippen LogP contribution is 2.34. The number of rotatable bonds is 7. The number of fused-ring (bicyclic) bond motifs is 1. The zero-order valence-corrected chi connectivity index (χ0v) is 15.3. The predicted molar refractivity (Wildman–Crippen MR) is 97.2 cm³/mol. The van der Waals surface area contributed by atoms with Crippen molar-refractivity contribution in [1.82, 2.24) is 15.1 Å². The number of ether oxygens (including phenoxy) is 2. The molecular formula is C18H23N3O3S. The van der Waals surface area contributed by atoms with Gasteiger partial charge in [0.05, 0.1) is 11.7 Å². The molecule has 1 aliphatic rings. The summed E-state index contributed by atoms with van der Waals surface area (Å²) < 4.78 is 12.9. The minimum absolute atomic E-state index is 0.000654. The minimum atomic E-state index is -0.000654. The number of hydrogen-bond acceptors (Lipinski definition) is 5. The number of aromatic nitrogens is 2. The molecule has 1 amide bonds. The van der Waals surface area contributed by atoms with Crippen molar-refractivity contribution < 1.29 is 14.3 Å². The Morgan fingerprint density at radius 3 is 2.84 bits per heavy atom. The van der Waals surface area contributed by atoms with E-state index in [1.54, 1.807) is 22.6 Å². The van der Waals surface area contributed by atoms with Crippen molar-refractivity contribution in [2.24, 2.45) is 7.05 Å². The molecule has 0 bridgehead atoms. The molecular weight excluding hydrogens is 338 g/mol. The fraction of sp³-hybridized carbons (Fsp3) is 0.444. The number of aryl methyl sites for hydroxylation is 1. The standard InChI is InChI=1S/C18H23N3O3S/c1-3-14(15-6-8-19-21(15)2)20-18(22)7-11-25-13-4-5-16-17(12-13)24-10-9-23-16/h4-6,8,12,14H,3,7,9-11H2,1-2H3,(H,20,22). The molecule has 2 heterocycles. The minimum Gasteiger partial charge on any atom is -0.486 e. The van der Waals surface area contributed by atoms with Crippen LogP contribution in [0.1, 0.15) is 31.5 Å². The van der Waals surface area contributed by atoms with E-state index in [9.17, 15) is 4.79 Å². The van der Waals surface area contributed by atoms with E-state index in [2.05, 4.69) is 17.3 Å². The summed E-state index contributed by atoms with van der Waals surface area (Å²) in [5, 5.41) is 7.26. The van der Waals surface area contributed by atoms with Crippen LogP contribution in [-0.4, -0.2) is 34.7 Å². The highest BCUT2D eigenvalue weighted by Gasteiger charge is 2.16. The summed E-state index contributed by atoms with van der Waals surface area (Å²) >= 11 is 1.64. The van der Waals surface area contributed by atoms with Crippen LogP contribution >= 0.6 is 11.8 Å². The number of nitrogens with one attached hydrogen (secondary N) is 1. The molecule has 134 valence electrons. The lowest BCUT2D eigenvalue weighted by Gasteiger charge is -2.19. The first-order chi connectivity index (χ1) is 12.2. The van der Waals surface area contributed by atoms with Gasteiger partial charge in [-0.05, 0) is 30.7 Å². The smallest absolute Gasteiger partial charge is 0.221 e. The lowest BCUT2D eigenvalue weighted by Crippen LogP contribution is -2.29. The van der Waals surface area contributed by atoms with Crippen LogP contribution < -0.4 is 14.8 Å². The van der Waals surface area contributed by atoms with Crippen LogP contribution in [0, 0.1) is 0 Å². The van der Waals surface area contributed by atoms with Gasteiger partial charge in [0.2, 0.25) is 5.91 Å². The van der Waals surface area contributed by atoms with Gasteiger partial charge < -0.3 is 14.8 Å². The SMILES string of the molecule is CCC(NC(=O)CCSc1ccc2c(c1)OCCO2)c1ccnn1C. The number of benzene rings is 1. The number of hydrogen-bond donors (Lipinski definition) is 1. The molecule has 0 saturated carbocycles. The Bertz CT molecular complexity index is 732. The normalized spacial score (nSPS) is 14.2. The average Bonchev–Trinajstić information content (AvgIpc) is 3.05. The maximum Gasteiger partial charge on any atom is 0.221 e. The summed E-state index contributed by atoms with van der Waals surface area (Å²) in [6.45, 7) is 3.23. The van der Waals surface area contributed by atoms with Gasteiger partial charge in [0.15, 0.2) is 11.5 Å². The topological polar surface area (TPSA) is 65.4 Å². The average molecular weight is 361 g/mol. The number of thioether (sulfide) groups is 1. The van der Waals surface area contributed by atoms with Gasteiger partial charge in [-0.25, -0.2) is 0 Å². The lowest BCUT2D eigenvalue weighted by atomic mass is 10.1. The van der Waals surface area contributed by atoms with Crippen LogP contribution in [0.25, 0.3) is 0 Å². The molecule has 2 aromatic rings. The second-order valence-electron chi connectivity index (χ2n) is 5.81. The van der Waals surface area contributed by atoms with Crippen LogP contribution in [0.4, 0.5) is 0 Å². The van der Waals surface area contributed by atoms with Gasteiger partial charge >= 0.3 is 0 Å². The van der Waals surface area contributed by atoms with Gasteiger partial charge in [0.25, 0.3) is 0 Å². The highest BCUT2D eigenvalue weighted by molar-refractivity contribution is 7.99. The highest BCUT2D eigenvalue weighted by atomic mass is 32.2. The van der Waals surface area contributed by atoms with E-state index in [0.29, 0.717) is 25.4 Å².